The number of hydrogen-bond acceptors (Lipinski definition) is 5. The van der Waals surface area contributed by atoms with E-state index in [9.17, 15) is 27.2 Å². The Bertz CT molecular complexity index is 1170. The minimum atomic E-state index is -3.70. The second kappa shape index (κ2) is 10.9. The summed E-state index contributed by atoms with van der Waals surface area (Å²) in [5.74, 6) is -1.54. The first-order valence-corrected chi connectivity index (χ1v) is 12.5. The first kappa shape index (κ1) is 25.5. The van der Waals surface area contributed by atoms with Crippen LogP contribution in [0.2, 0.25) is 0 Å². The molecular weight excluding hydrogens is 461 g/mol. The van der Waals surface area contributed by atoms with Crippen LogP contribution in [0.4, 0.5) is 4.39 Å². The average molecular weight is 490 g/mol. The van der Waals surface area contributed by atoms with Crippen molar-refractivity contribution < 1.29 is 27.2 Å². The molecule has 0 spiro atoms. The molecule has 0 aromatic heterocycles. The van der Waals surface area contributed by atoms with Gasteiger partial charge in [-0.1, -0.05) is 18.2 Å². The number of carbonyl (C=O) groups is 3. The fraction of sp³-hybridized carbons (Fsp3) is 0.375. The monoisotopic (exact) mass is 489 g/mol. The van der Waals surface area contributed by atoms with Gasteiger partial charge in [-0.05, 0) is 56.5 Å². The third kappa shape index (κ3) is 6.06. The molecule has 2 N–H and O–H groups in total. The standard InChI is InChI=1S/C24H28FN3O5S/c1-16-3-4-20(15-22(16)25)24(31)27-12-11-26-23(30)19-9-13-28(14-10-19)34(32,33)21-7-5-18(6-8-21)17(2)29/h3-8,15,19H,9-14H2,1-2H3,(H,26,30)(H,27,31). The molecule has 0 aliphatic carbocycles. The molecule has 2 aromatic carbocycles. The van der Waals surface area contributed by atoms with Crippen LogP contribution in [-0.4, -0.2) is 56.5 Å². The maximum atomic E-state index is 13.6. The Morgan fingerprint density at radius 2 is 1.56 bits per heavy atom. The quantitative estimate of drug-likeness (QED) is 0.436. The van der Waals surface area contributed by atoms with Crippen LogP contribution in [-0.2, 0) is 14.8 Å². The van der Waals surface area contributed by atoms with E-state index in [1.165, 1.54) is 53.7 Å². The van der Waals surface area contributed by atoms with Crippen molar-refractivity contribution >= 4 is 27.6 Å². The van der Waals surface area contributed by atoms with Crippen molar-refractivity contribution in [3.05, 3.63) is 65.0 Å². The molecular formula is C24H28FN3O5S. The second-order valence-electron chi connectivity index (χ2n) is 8.27. The Hall–Kier alpha value is -3.11. The lowest BCUT2D eigenvalue weighted by Crippen LogP contribution is -2.44. The number of nitrogens with zero attached hydrogens (tertiary/aromatic N) is 1. The fourth-order valence-corrected chi connectivity index (χ4v) is 5.18. The number of piperidine rings is 1. The van der Waals surface area contributed by atoms with E-state index < -0.39 is 21.7 Å². The molecule has 1 heterocycles. The van der Waals surface area contributed by atoms with Crippen LogP contribution < -0.4 is 10.6 Å². The number of halogens is 1. The van der Waals surface area contributed by atoms with Gasteiger partial charge in [-0.15, -0.1) is 0 Å². The molecule has 0 radical (unpaired) electrons. The lowest BCUT2D eigenvalue weighted by atomic mass is 9.97. The predicted molar refractivity (Wildman–Crippen MR) is 124 cm³/mol. The van der Waals surface area contributed by atoms with Gasteiger partial charge in [0.2, 0.25) is 15.9 Å². The maximum absolute atomic E-state index is 13.6. The van der Waals surface area contributed by atoms with Crippen LogP contribution in [0.5, 0.6) is 0 Å². The zero-order chi connectivity index (χ0) is 24.9. The predicted octanol–water partition coefficient (Wildman–Crippen LogP) is 2.28. The summed E-state index contributed by atoms with van der Waals surface area (Å²) in [6.45, 7) is 3.84. The zero-order valence-electron chi connectivity index (χ0n) is 19.1. The first-order chi connectivity index (χ1) is 16.1. The summed E-state index contributed by atoms with van der Waals surface area (Å²) in [5.41, 5.74) is 1.10. The van der Waals surface area contributed by atoms with Crippen molar-refractivity contribution in [2.75, 3.05) is 26.2 Å². The van der Waals surface area contributed by atoms with Gasteiger partial charge in [0, 0.05) is 43.2 Å². The lowest BCUT2D eigenvalue weighted by Gasteiger charge is -2.30. The first-order valence-electron chi connectivity index (χ1n) is 11.0. The molecule has 182 valence electrons. The molecule has 1 fully saturated rings. The van der Waals surface area contributed by atoms with Crippen LogP contribution in [0, 0.1) is 18.7 Å². The number of sulfonamides is 1. The van der Waals surface area contributed by atoms with Crippen LogP contribution >= 0.6 is 0 Å². The van der Waals surface area contributed by atoms with Gasteiger partial charge in [0.25, 0.3) is 5.91 Å². The van der Waals surface area contributed by atoms with Gasteiger partial charge in [-0.25, -0.2) is 12.8 Å². The summed E-state index contributed by atoms with van der Waals surface area (Å²) in [6.07, 6.45) is 0.761. The SMILES string of the molecule is CC(=O)c1ccc(S(=O)(=O)N2CCC(C(=O)NCCNC(=O)c3ccc(C)c(F)c3)CC2)cc1. The van der Waals surface area contributed by atoms with Crippen LogP contribution in [0.3, 0.4) is 0 Å². The van der Waals surface area contributed by atoms with Gasteiger partial charge >= 0.3 is 0 Å². The Morgan fingerprint density at radius 1 is 0.971 bits per heavy atom. The highest BCUT2D eigenvalue weighted by atomic mass is 32.2. The third-order valence-electron chi connectivity index (χ3n) is 5.87. The number of amides is 2. The molecule has 3 rings (SSSR count). The van der Waals surface area contributed by atoms with Crippen LogP contribution in [0.1, 0.15) is 46.0 Å². The zero-order valence-corrected chi connectivity index (χ0v) is 20.0. The molecule has 0 atom stereocenters. The molecule has 1 saturated heterocycles. The number of Topliss-reactive ketones (excluding diaryl/α,β-unsaturated/α-hetero) is 1. The van der Waals surface area contributed by atoms with E-state index in [2.05, 4.69) is 10.6 Å². The van der Waals surface area contributed by atoms with E-state index >= 15 is 0 Å². The minimum Gasteiger partial charge on any atom is -0.354 e. The van der Waals surface area contributed by atoms with E-state index in [-0.39, 0.29) is 54.2 Å². The summed E-state index contributed by atoms with van der Waals surface area (Å²) in [7, 11) is -3.70. The maximum Gasteiger partial charge on any atom is 0.251 e. The second-order valence-corrected chi connectivity index (χ2v) is 10.2. The molecule has 10 heteroatoms. The summed E-state index contributed by atoms with van der Waals surface area (Å²) in [5, 5.41) is 5.39. The van der Waals surface area contributed by atoms with Crippen molar-refractivity contribution in [2.24, 2.45) is 5.92 Å². The Kier molecular flexibility index (Phi) is 8.16. The highest BCUT2D eigenvalue weighted by Crippen LogP contribution is 2.24. The summed E-state index contributed by atoms with van der Waals surface area (Å²) in [6, 6.07) is 10.1. The summed E-state index contributed by atoms with van der Waals surface area (Å²) < 4.78 is 40.6. The Morgan fingerprint density at radius 3 is 2.15 bits per heavy atom. The minimum absolute atomic E-state index is 0.115. The van der Waals surface area contributed by atoms with Gasteiger partial charge in [0.05, 0.1) is 4.90 Å². The molecule has 1 aliphatic heterocycles. The highest BCUT2D eigenvalue weighted by molar-refractivity contribution is 7.89. The molecule has 1 aliphatic rings. The molecule has 2 aromatic rings. The van der Waals surface area contributed by atoms with Crippen molar-refractivity contribution in [1.82, 2.24) is 14.9 Å². The summed E-state index contributed by atoms with van der Waals surface area (Å²) >= 11 is 0. The normalized spacial score (nSPS) is 15.0. The number of aryl methyl sites for hydroxylation is 1. The number of carbonyl (C=O) groups excluding carboxylic acids is 3. The van der Waals surface area contributed by atoms with E-state index in [1.54, 1.807) is 6.92 Å². The smallest absolute Gasteiger partial charge is 0.251 e. The highest BCUT2D eigenvalue weighted by Gasteiger charge is 2.32. The van der Waals surface area contributed by atoms with Gasteiger partial charge in [0.1, 0.15) is 5.82 Å². The fourth-order valence-electron chi connectivity index (χ4n) is 3.71. The number of nitrogens with one attached hydrogen (secondary N) is 2. The Balaban J connectivity index is 1.43. The van der Waals surface area contributed by atoms with E-state index in [0.29, 0.717) is 24.0 Å². The van der Waals surface area contributed by atoms with Gasteiger partial charge in [-0.2, -0.15) is 4.31 Å². The van der Waals surface area contributed by atoms with Crippen LogP contribution in [0.25, 0.3) is 0 Å². The van der Waals surface area contributed by atoms with Gasteiger partial charge < -0.3 is 10.6 Å². The van der Waals surface area contributed by atoms with E-state index in [4.69, 9.17) is 0 Å². The van der Waals surface area contributed by atoms with Crippen molar-refractivity contribution in [1.29, 1.82) is 0 Å². The number of ketones is 1. The van der Waals surface area contributed by atoms with Gasteiger partial charge in [-0.3, -0.25) is 14.4 Å². The average Bonchev–Trinajstić information content (AvgIpc) is 2.83. The van der Waals surface area contributed by atoms with Crippen molar-refractivity contribution in [3.63, 3.8) is 0 Å². The van der Waals surface area contributed by atoms with Crippen molar-refractivity contribution in [3.8, 4) is 0 Å². The van der Waals surface area contributed by atoms with Crippen LogP contribution in [0.15, 0.2) is 47.4 Å². The van der Waals surface area contributed by atoms with E-state index in [0.717, 1.165) is 0 Å². The molecule has 2 amide bonds. The van der Waals surface area contributed by atoms with Crippen molar-refractivity contribution in [2.45, 2.75) is 31.6 Å². The molecule has 8 nitrogen and oxygen atoms in total. The molecule has 0 bridgehead atoms. The molecule has 0 saturated carbocycles. The lowest BCUT2D eigenvalue weighted by molar-refractivity contribution is -0.126. The molecule has 0 unspecified atom stereocenters. The molecule has 34 heavy (non-hydrogen) atoms. The van der Waals surface area contributed by atoms with E-state index in [1.807, 2.05) is 0 Å². The third-order valence-corrected chi connectivity index (χ3v) is 7.78. The number of benzene rings is 2. The number of hydrogen-bond donors (Lipinski definition) is 2. The number of rotatable bonds is 8. The van der Waals surface area contributed by atoms with Gasteiger partial charge in [0.15, 0.2) is 5.78 Å². The Labute approximate surface area is 198 Å². The summed E-state index contributed by atoms with van der Waals surface area (Å²) in [4.78, 5) is 36.0. The largest absolute Gasteiger partial charge is 0.354 e. The topological polar surface area (TPSA) is 113 Å².